The maximum atomic E-state index is 12.7. The van der Waals surface area contributed by atoms with E-state index in [1.54, 1.807) is 27.9 Å². The third-order valence-electron chi connectivity index (χ3n) is 5.80. The molecule has 0 heterocycles. The maximum absolute atomic E-state index is 12.7. The van der Waals surface area contributed by atoms with Gasteiger partial charge in [0.05, 0.1) is 26.2 Å². The molecule has 1 aromatic rings. The highest BCUT2D eigenvalue weighted by molar-refractivity contribution is 5.89. The zero-order valence-electron chi connectivity index (χ0n) is 20.4. The largest absolute Gasteiger partial charge is 0.493 e. The molecule has 1 saturated carbocycles. The summed E-state index contributed by atoms with van der Waals surface area (Å²) in [5.74, 6) is -0.277. The fourth-order valence-corrected chi connectivity index (χ4v) is 4.19. The van der Waals surface area contributed by atoms with Crippen LogP contribution in [0.15, 0.2) is 30.4 Å². The smallest absolute Gasteiger partial charge is 0.333 e. The minimum Gasteiger partial charge on any atom is -0.493 e. The van der Waals surface area contributed by atoms with Crippen molar-refractivity contribution in [2.75, 3.05) is 14.2 Å². The Morgan fingerprint density at radius 2 is 1.78 bits per heavy atom. The van der Waals surface area contributed by atoms with Gasteiger partial charge in [0, 0.05) is 5.57 Å². The summed E-state index contributed by atoms with van der Waals surface area (Å²) in [6.45, 7) is 11.3. The highest BCUT2D eigenvalue weighted by Gasteiger charge is 2.33. The monoisotopic (exact) mass is 446 g/mol. The van der Waals surface area contributed by atoms with Gasteiger partial charge in [-0.3, -0.25) is 4.79 Å². The Bertz CT molecular complexity index is 801. The number of ether oxygens (including phenoxy) is 4. The minimum absolute atomic E-state index is 0.158. The first-order valence-electron chi connectivity index (χ1n) is 11.4. The van der Waals surface area contributed by atoms with Crippen molar-refractivity contribution in [3.63, 3.8) is 0 Å². The molecule has 2 atom stereocenters. The van der Waals surface area contributed by atoms with Crippen LogP contribution in [0, 0.1) is 5.92 Å². The fourth-order valence-electron chi connectivity index (χ4n) is 4.19. The van der Waals surface area contributed by atoms with Crippen LogP contribution in [0.25, 0.3) is 0 Å². The van der Waals surface area contributed by atoms with Gasteiger partial charge in [0.15, 0.2) is 11.5 Å². The van der Waals surface area contributed by atoms with Gasteiger partial charge in [-0.25, -0.2) is 4.79 Å². The zero-order valence-corrected chi connectivity index (χ0v) is 20.4. The second-order valence-corrected chi connectivity index (χ2v) is 9.39. The summed E-state index contributed by atoms with van der Waals surface area (Å²) >= 11 is 0. The lowest BCUT2D eigenvalue weighted by molar-refractivity contribution is -0.150. The fraction of sp³-hybridized carbons (Fsp3) is 0.615. The molecule has 6 heteroatoms. The maximum Gasteiger partial charge on any atom is 0.333 e. The molecule has 6 nitrogen and oxygen atoms in total. The number of hydrogen-bond donors (Lipinski definition) is 0. The van der Waals surface area contributed by atoms with E-state index in [-0.39, 0.29) is 30.0 Å². The standard InChI is InChI=1S/C26H38O6/c1-8-20(21(25(28)30-7)15-17(2)24(27)32-26(3,4)5)18-13-14-22(29-6)23(16-18)31-19-11-9-10-12-19/h13-14,16,19-21H,2,8-12,15H2,1,3-7H3. The molecule has 0 amide bonds. The molecule has 1 aliphatic carbocycles. The van der Waals surface area contributed by atoms with Crippen molar-refractivity contribution in [1.29, 1.82) is 0 Å². The van der Waals surface area contributed by atoms with Gasteiger partial charge in [-0.2, -0.15) is 0 Å². The Kier molecular flexibility index (Phi) is 9.17. The number of carbonyl (C=O) groups excluding carboxylic acids is 2. The molecule has 0 aromatic heterocycles. The van der Waals surface area contributed by atoms with Crippen LogP contribution in [0.5, 0.6) is 11.5 Å². The predicted molar refractivity (Wildman–Crippen MR) is 124 cm³/mol. The van der Waals surface area contributed by atoms with E-state index in [4.69, 9.17) is 18.9 Å². The van der Waals surface area contributed by atoms with Crippen molar-refractivity contribution < 1.29 is 28.5 Å². The van der Waals surface area contributed by atoms with Crippen molar-refractivity contribution in [2.45, 2.75) is 83.8 Å². The summed E-state index contributed by atoms with van der Waals surface area (Å²) in [5, 5.41) is 0. The van der Waals surface area contributed by atoms with Crippen LogP contribution in [-0.4, -0.2) is 37.9 Å². The molecule has 32 heavy (non-hydrogen) atoms. The summed E-state index contributed by atoms with van der Waals surface area (Å²) in [6.07, 6.45) is 5.42. The molecule has 2 unspecified atom stereocenters. The number of methoxy groups -OCH3 is 2. The number of esters is 2. The van der Waals surface area contributed by atoms with E-state index < -0.39 is 17.5 Å². The van der Waals surface area contributed by atoms with Gasteiger partial charge in [0.1, 0.15) is 5.60 Å². The number of hydrogen-bond acceptors (Lipinski definition) is 6. The summed E-state index contributed by atoms with van der Waals surface area (Å²) < 4.78 is 22.3. The van der Waals surface area contributed by atoms with Crippen LogP contribution in [-0.2, 0) is 19.1 Å². The van der Waals surface area contributed by atoms with Crippen LogP contribution in [0.3, 0.4) is 0 Å². The van der Waals surface area contributed by atoms with Gasteiger partial charge in [0.25, 0.3) is 0 Å². The Morgan fingerprint density at radius 3 is 2.31 bits per heavy atom. The quantitative estimate of drug-likeness (QED) is 0.345. The highest BCUT2D eigenvalue weighted by Crippen LogP contribution is 2.39. The second kappa shape index (κ2) is 11.4. The summed E-state index contributed by atoms with van der Waals surface area (Å²) in [4.78, 5) is 25.2. The van der Waals surface area contributed by atoms with E-state index in [0.29, 0.717) is 17.9 Å². The highest BCUT2D eigenvalue weighted by atomic mass is 16.6. The molecule has 1 fully saturated rings. The number of rotatable bonds is 10. The van der Waals surface area contributed by atoms with Gasteiger partial charge in [-0.1, -0.05) is 19.6 Å². The Morgan fingerprint density at radius 1 is 1.12 bits per heavy atom. The predicted octanol–water partition coefficient (Wildman–Crippen LogP) is 5.59. The van der Waals surface area contributed by atoms with Crippen molar-refractivity contribution in [3.8, 4) is 11.5 Å². The molecular weight excluding hydrogens is 408 g/mol. The van der Waals surface area contributed by atoms with Gasteiger partial charge in [-0.05, 0) is 82.9 Å². The molecule has 1 aliphatic rings. The zero-order chi connectivity index (χ0) is 23.9. The van der Waals surface area contributed by atoms with E-state index in [0.717, 1.165) is 18.4 Å². The van der Waals surface area contributed by atoms with Crippen molar-refractivity contribution in [1.82, 2.24) is 0 Å². The van der Waals surface area contributed by atoms with Crippen molar-refractivity contribution in [3.05, 3.63) is 35.9 Å². The molecule has 0 N–H and O–H groups in total. The van der Waals surface area contributed by atoms with Crippen molar-refractivity contribution >= 4 is 11.9 Å². The minimum atomic E-state index is -0.632. The third-order valence-corrected chi connectivity index (χ3v) is 5.80. The summed E-state index contributed by atoms with van der Waals surface area (Å²) in [5.41, 5.74) is 0.561. The third kappa shape index (κ3) is 7.01. The topological polar surface area (TPSA) is 71.1 Å². The average molecular weight is 447 g/mol. The molecule has 0 radical (unpaired) electrons. The van der Waals surface area contributed by atoms with Gasteiger partial charge in [-0.15, -0.1) is 0 Å². The van der Waals surface area contributed by atoms with Crippen LogP contribution in [0.2, 0.25) is 0 Å². The molecule has 0 aliphatic heterocycles. The van der Waals surface area contributed by atoms with E-state index in [1.807, 2.05) is 25.1 Å². The van der Waals surface area contributed by atoms with Crippen LogP contribution < -0.4 is 9.47 Å². The molecule has 1 aromatic carbocycles. The van der Waals surface area contributed by atoms with Crippen LogP contribution in [0.4, 0.5) is 0 Å². The molecular formula is C26H38O6. The lowest BCUT2D eigenvalue weighted by atomic mass is 9.80. The van der Waals surface area contributed by atoms with Crippen molar-refractivity contribution in [2.24, 2.45) is 5.92 Å². The van der Waals surface area contributed by atoms with E-state index >= 15 is 0 Å². The van der Waals surface area contributed by atoms with E-state index in [2.05, 4.69) is 6.58 Å². The van der Waals surface area contributed by atoms with E-state index in [1.165, 1.54) is 20.0 Å². The Hall–Kier alpha value is -2.50. The summed E-state index contributed by atoms with van der Waals surface area (Å²) in [6, 6.07) is 5.78. The number of carbonyl (C=O) groups is 2. The lowest BCUT2D eigenvalue weighted by Gasteiger charge is -2.27. The first-order chi connectivity index (χ1) is 15.1. The van der Waals surface area contributed by atoms with E-state index in [9.17, 15) is 9.59 Å². The Balaban J connectivity index is 2.30. The first-order valence-corrected chi connectivity index (χ1v) is 11.4. The normalized spacial score (nSPS) is 16.2. The molecule has 0 bridgehead atoms. The summed E-state index contributed by atoms with van der Waals surface area (Å²) in [7, 11) is 2.98. The Labute approximate surface area is 192 Å². The second-order valence-electron chi connectivity index (χ2n) is 9.39. The van der Waals surface area contributed by atoms with Crippen LogP contribution >= 0.6 is 0 Å². The molecule has 178 valence electrons. The molecule has 0 saturated heterocycles. The molecule has 0 spiro atoms. The lowest BCUT2D eigenvalue weighted by Crippen LogP contribution is -2.28. The number of benzene rings is 1. The van der Waals surface area contributed by atoms with Gasteiger partial charge in [0.2, 0.25) is 0 Å². The van der Waals surface area contributed by atoms with Gasteiger partial charge < -0.3 is 18.9 Å². The molecule has 2 rings (SSSR count). The van der Waals surface area contributed by atoms with Crippen LogP contribution in [0.1, 0.15) is 77.7 Å². The average Bonchev–Trinajstić information content (AvgIpc) is 3.25. The first kappa shape index (κ1) is 25.8. The SMILES string of the molecule is C=C(CC(C(=O)OC)C(CC)c1ccc(OC)c(OC2CCCC2)c1)C(=O)OC(C)(C)C. The van der Waals surface area contributed by atoms with Gasteiger partial charge >= 0.3 is 11.9 Å².